The number of aliphatic hydroxyl groups excluding tert-OH is 1. The van der Waals surface area contributed by atoms with E-state index in [1.165, 1.54) is 0 Å². The molecule has 5 heteroatoms. The average molecular weight is 287 g/mol. The molecule has 0 aliphatic heterocycles. The van der Waals surface area contributed by atoms with Crippen LogP contribution in [0.15, 0.2) is 30.5 Å². The van der Waals surface area contributed by atoms with Crippen molar-refractivity contribution < 1.29 is 9.84 Å². The summed E-state index contributed by atoms with van der Waals surface area (Å²) in [5.41, 5.74) is 1.83. The van der Waals surface area contributed by atoms with Crippen LogP contribution in [-0.4, -0.2) is 28.2 Å². The number of para-hydroxylation sites is 1. The Labute approximate surface area is 125 Å². The van der Waals surface area contributed by atoms with Gasteiger partial charge in [0.05, 0.1) is 0 Å². The molecule has 0 bridgehead atoms. The van der Waals surface area contributed by atoms with Gasteiger partial charge in [-0.2, -0.15) is 4.98 Å². The van der Waals surface area contributed by atoms with Gasteiger partial charge in [0.25, 0.3) is 0 Å². The first-order valence-electron chi connectivity index (χ1n) is 7.18. The molecule has 2 rings (SSSR count). The molecular formula is C16H21N3O2. The minimum absolute atomic E-state index is 0.0897. The van der Waals surface area contributed by atoms with E-state index in [0.29, 0.717) is 18.2 Å². The molecule has 0 aliphatic carbocycles. The Hall–Kier alpha value is -2.14. The number of aliphatic hydroxyl groups is 1. The predicted molar refractivity (Wildman–Crippen MR) is 82.9 cm³/mol. The molecule has 0 radical (unpaired) electrons. The second-order valence-corrected chi connectivity index (χ2v) is 4.79. The molecule has 0 saturated heterocycles. The summed E-state index contributed by atoms with van der Waals surface area (Å²) >= 11 is 0. The zero-order valence-electron chi connectivity index (χ0n) is 12.5. The van der Waals surface area contributed by atoms with E-state index in [4.69, 9.17) is 9.84 Å². The SMILES string of the molecule is CCCNc1ncc(C)c(Oc2ccccc2CCO)n1. The Kier molecular flexibility index (Phi) is 5.51. The fourth-order valence-corrected chi connectivity index (χ4v) is 1.89. The Balaban J connectivity index is 2.22. The second-order valence-electron chi connectivity index (χ2n) is 4.79. The van der Waals surface area contributed by atoms with Crippen LogP contribution in [-0.2, 0) is 6.42 Å². The minimum Gasteiger partial charge on any atom is -0.438 e. The van der Waals surface area contributed by atoms with Crippen molar-refractivity contribution in [1.82, 2.24) is 9.97 Å². The zero-order chi connectivity index (χ0) is 15.1. The first-order chi connectivity index (χ1) is 10.2. The van der Waals surface area contributed by atoms with Gasteiger partial charge in [-0.05, 0) is 31.4 Å². The lowest BCUT2D eigenvalue weighted by atomic mass is 10.1. The van der Waals surface area contributed by atoms with E-state index >= 15 is 0 Å². The summed E-state index contributed by atoms with van der Waals surface area (Å²) < 4.78 is 5.91. The quantitative estimate of drug-likeness (QED) is 0.819. The highest BCUT2D eigenvalue weighted by Gasteiger charge is 2.09. The van der Waals surface area contributed by atoms with Crippen molar-refractivity contribution in [2.75, 3.05) is 18.5 Å². The van der Waals surface area contributed by atoms with Gasteiger partial charge in [0, 0.05) is 24.9 Å². The van der Waals surface area contributed by atoms with Crippen molar-refractivity contribution in [2.45, 2.75) is 26.7 Å². The maximum atomic E-state index is 9.11. The van der Waals surface area contributed by atoms with Crippen molar-refractivity contribution in [2.24, 2.45) is 0 Å². The molecule has 5 nitrogen and oxygen atoms in total. The zero-order valence-corrected chi connectivity index (χ0v) is 12.5. The fraction of sp³-hybridized carbons (Fsp3) is 0.375. The summed E-state index contributed by atoms with van der Waals surface area (Å²) in [6.07, 6.45) is 3.31. The smallest absolute Gasteiger partial charge is 0.226 e. The van der Waals surface area contributed by atoms with Gasteiger partial charge < -0.3 is 15.2 Å². The van der Waals surface area contributed by atoms with Gasteiger partial charge in [-0.25, -0.2) is 4.98 Å². The van der Waals surface area contributed by atoms with Gasteiger partial charge in [0.15, 0.2) is 0 Å². The maximum Gasteiger partial charge on any atom is 0.226 e. The van der Waals surface area contributed by atoms with Crippen molar-refractivity contribution in [3.63, 3.8) is 0 Å². The third kappa shape index (κ3) is 4.16. The van der Waals surface area contributed by atoms with Crippen LogP contribution in [0.1, 0.15) is 24.5 Å². The largest absolute Gasteiger partial charge is 0.438 e. The highest BCUT2D eigenvalue weighted by atomic mass is 16.5. The number of hydrogen-bond acceptors (Lipinski definition) is 5. The molecular weight excluding hydrogens is 266 g/mol. The van der Waals surface area contributed by atoms with E-state index in [-0.39, 0.29) is 6.61 Å². The Morgan fingerprint density at radius 3 is 2.86 bits per heavy atom. The molecule has 21 heavy (non-hydrogen) atoms. The van der Waals surface area contributed by atoms with Gasteiger partial charge in [0.1, 0.15) is 5.75 Å². The van der Waals surface area contributed by atoms with Gasteiger partial charge in [0.2, 0.25) is 11.8 Å². The lowest BCUT2D eigenvalue weighted by Gasteiger charge is -2.12. The number of ether oxygens (including phenoxy) is 1. The topological polar surface area (TPSA) is 67.3 Å². The molecule has 2 aromatic rings. The monoisotopic (exact) mass is 287 g/mol. The number of nitrogens with zero attached hydrogens (tertiary/aromatic N) is 2. The predicted octanol–water partition coefficient (Wildman–Crippen LogP) is 2.93. The van der Waals surface area contributed by atoms with E-state index in [1.807, 2.05) is 31.2 Å². The number of rotatable bonds is 7. The lowest BCUT2D eigenvalue weighted by molar-refractivity contribution is 0.297. The minimum atomic E-state index is 0.0897. The number of hydrogen-bond donors (Lipinski definition) is 2. The third-order valence-corrected chi connectivity index (χ3v) is 3.02. The molecule has 0 spiro atoms. The fourth-order valence-electron chi connectivity index (χ4n) is 1.89. The van der Waals surface area contributed by atoms with Crippen molar-refractivity contribution in [3.8, 4) is 11.6 Å². The van der Waals surface area contributed by atoms with Crippen LogP contribution in [0.4, 0.5) is 5.95 Å². The van der Waals surface area contributed by atoms with Crippen LogP contribution >= 0.6 is 0 Å². The van der Waals surface area contributed by atoms with Crippen LogP contribution < -0.4 is 10.1 Å². The lowest BCUT2D eigenvalue weighted by Crippen LogP contribution is -2.06. The van der Waals surface area contributed by atoms with Crippen LogP contribution in [0.25, 0.3) is 0 Å². The Morgan fingerprint density at radius 2 is 2.10 bits per heavy atom. The molecule has 112 valence electrons. The molecule has 0 saturated carbocycles. The van der Waals surface area contributed by atoms with E-state index in [1.54, 1.807) is 6.20 Å². The van der Waals surface area contributed by atoms with E-state index in [0.717, 1.165) is 29.8 Å². The number of anilines is 1. The number of aryl methyl sites for hydroxylation is 1. The highest BCUT2D eigenvalue weighted by Crippen LogP contribution is 2.26. The molecule has 0 aliphatic rings. The summed E-state index contributed by atoms with van der Waals surface area (Å²) in [6.45, 7) is 4.91. The summed E-state index contributed by atoms with van der Waals surface area (Å²) in [7, 11) is 0. The standard InChI is InChI=1S/C16H21N3O2/c1-3-9-17-16-18-11-12(2)15(19-16)21-14-7-5-4-6-13(14)8-10-20/h4-7,11,20H,3,8-10H2,1-2H3,(H,17,18,19). The van der Waals surface area contributed by atoms with Crippen LogP contribution in [0, 0.1) is 6.92 Å². The van der Waals surface area contributed by atoms with Crippen LogP contribution in [0.2, 0.25) is 0 Å². The number of nitrogens with one attached hydrogen (secondary N) is 1. The van der Waals surface area contributed by atoms with Gasteiger partial charge in [-0.3, -0.25) is 0 Å². The summed E-state index contributed by atoms with van der Waals surface area (Å²) in [6, 6.07) is 7.66. The van der Waals surface area contributed by atoms with E-state index in [9.17, 15) is 0 Å². The third-order valence-electron chi connectivity index (χ3n) is 3.02. The van der Waals surface area contributed by atoms with Gasteiger partial charge in [-0.15, -0.1) is 0 Å². The number of aromatic nitrogens is 2. The Bertz CT molecular complexity index is 587. The van der Waals surface area contributed by atoms with E-state index < -0.39 is 0 Å². The highest BCUT2D eigenvalue weighted by molar-refractivity contribution is 5.39. The normalized spacial score (nSPS) is 10.4. The van der Waals surface area contributed by atoms with Crippen molar-refractivity contribution in [3.05, 3.63) is 41.6 Å². The first kappa shape index (κ1) is 15.3. The second kappa shape index (κ2) is 7.59. The first-order valence-corrected chi connectivity index (χ1v) is 7.18. The molecule has 0 atom stereocenters. The summed E-state index contributed by atoms with van der Waals surface area (Å²) in [5, 5.41) is 12.3. The summed E-state index contributed by atoms with van der Waals surface area (Å²) in [5.74, 6) is 1.82. The summed E-state index contributed by atoms with van der Waals surface area (Å²) in [4.78, 5) is 8.63. The maximum absolute atomic E-state index is 9.11. The molecule has 1 aromatic heterocycles. The molecule has 1 aromatic carbocycles. The molecule has 0 fully saturated rings. The van der Waals surface area contributed by atoms with Crippen molar-refractivity contribution >= 4 is 5.95 Å². The molecule has 0 amide bonds. The van der Waals surface area contributed by atoms with Gasteiger partial charge in [-0.1, -0.05) is 25.1 Å². The number of benzene rings is 1. The van der Waals surface area contributed by atoms with Crippen molar-refractivity contribution in [1.29, 1.82) is 0 Å². The molecule has 2 N–H and O–H groups in total. The van der Waals surface area contributed by atoms with E-state index in [2.05, 4.69) is 22.2 Å². The molecule has 0 unspecified atom stereocenters. The van der Waals surface area contributed by atoms with Gasteiger partial charge >= 0.3 is 0 Å². The average Bonchev–Trinajstić information content (AvgIpc) is 2.50. The molecule has 1 heterocycles. The Morgan fingerprint density at radius 1 is 1.29 bits per heavy atom. The van der Waals surface area contributed by atoms with Crippen LogP contribution in [0.5, 0.6) is 11.6 Å². The van der Waals surface area contributed by atoms with Crippen LogP contribution in [0.3, 0.4) is 0 Å².